The summed E-state index contributed by atoms with van der Waals surface area (Å²) < 4.78 is 0. The first-order valence-corrected chi connectivity index (χ1v) is 4.74. The van der Waals surface area contributed by atoms with Crippen LogP contribution in [0.1, 0.15) is 25.0 Å². The first kappa shape index (κ1) is 8.91. The Balaban J connectivity index is 2.38. The van der Waals surface area contributed by atoms with Crippen LogP contribution in [0.5, 0.6) is 0 Å². The predicted octanol–water partition coefficient (Wildman–Crippen LogP) is 1.54. The zero-order valence-electron chi connectivity index (χ0n) is 7.20. The van der Waals surface area contributed by atoms with Gasteiger partial charge < -0.3 is 5.11 Å². The zero-order chi connectivity index (χ0) is 9.31. The van der Waals surface area contributed by atoms with Crippen LogP contribution in [0.15, 0.2) is 12.4 Å². The van der Waals surface area contributed by atoms with Gasteiger partial charge in [-0.3, -0.25) is 4.98 Å². The quantitative estimate of drug-likeness (QED) is 0.784. The molecule has 0 aromatic carbocycles. The molecule has 70 valence electrons. The van der Waals surface area contributed by atoms with Crippen LogP contribution >= 0.6 is 11.6 Å². The fourth-order valence-corrected chi connectivity index (χ4v) is 2.06. The van der Waals surface area contributed by atoms with Crippen molar-refractivity contribution in [3.63, 3.8) is 0 Å². The maximum absolute atomic E-state index is 9.29. The van der Waals surface area contributed by atoms with E-state index in [2.05, 4.69) is 9.97 Å². The Morgan fingerprint density at radius 1 is 1.38 bits per heavy atom. The highest BCUT2D eigenvalue weighted by Gasteiger charge is 2.41. The molecule has 1 aromatic heterocycles. The molecular weight excluding hydrogens is 188 g/mol. The maximum Gasteiger partial charge on any atom is 0.151 e. The van der Waals surface area contributed by atoms with Gasteiger partial charge in [0, 0.05) is 17.8 Å². The normalized spacial score (nSPS) is 19.5. The van der Waals surface area contributed by atoms with Gasteiger partial charge in [-0.25, -0.2) is 4.98 Å². The van der Waals surface area contributed by atoms with Crippen molar-refractivity contribution < 1.29 is 5.11 Å². The highest BCUT2D eigenvalue weighted by Crippen LogP contribution is 2.44. The monoisotopic (exact) mass is 198 g/mol. The van der Waals surface area contributed by atoms with Gasteiger partial charge in [0.2, 0.25) is 0 Å². The summed E-state index contributed by atoms with van der Waals surface area (Å²) in [6.07, 6.45) is 6.24. The lowest BCUT2D eigenvalue weighted by Crippen LogP contribution is -2.39. The van der Waals surface area contributed by atoms with Crippen LogP contribution in [0, 0.1) is 0 Å². The largest absolute Gasteiger partial charge is 0.395 e. The van der Waals surface area contributed by atoms with Crippen molar-refractivity contribution >= 4 is 11.6 Å². The molecule has 1 aromatic rings. The van der Waals surface area contributed by atoms with Gasteiger partial charge >= 0.3 is 0 Å². The van der Waals surface area contributed by atoms with Crippen molar-refractivity contribution in [3.8, 4) is 0 Å². The number of aromatic nitrogens is 2. The summed E-state index contributed by atoms with van der Waals surface area (Å²) in [5.41, 5.74) is 0.552. The second kappa shape index (κ2) is 3.24. The Hall–Kier alpha value is -0.670. The molecule has 0 bridgehead atoms. The lowest BCUT2D eigenvalue weighted by molar-refractivity contribution is 0.116. The van der Waals surface area contributed by atoms with E-state index in [0.717, 1.165) is 25.0 Å². The smallest absolute Gasteiger partial charge is 0.151 e. The van der Waals surface area contributed by atoms with E-state index in [1.165, 1.54) is 0 Å². The van der Waals surface area contributed by atoms with Crippen molar-refractivity contribution in [3.05, 3.63) is 23.2 Å². The first-order valence-electron chi connectivity index (χ1n) is 4.36. The van der Waals surface area contributed by atoms with Gasteiger partial charge in [-0.1, -0.05) is 18.0 Å². The summed E-state index contributed by atoms with van der Waals surface area (Å²) in [7, 11) is 0. The molecule has 1 N–H and O–H groups in total. The molecule has 2 rings (SSSR count). The lowest BCUT2D eigenvalue weighted by atomic mass is 9.67. The topological polar surface area (TPSA) is 46.0 Å². The standard InChI is InChI=1S/C9H11ClN2O/c10-8-7(11-4-5-12-8)9(6-13)2-1-3-9/h4-5,13H,1-3,6H2. The number of aliphatic hydroxyl groups excluding tert-OH is 1. The summed E-state index contributed by atoms with van der Waals surface area (Å²) in [4.78, 5) is 8.16. The summed E-state index contributed by atoms with van der Waals surface area (Å²) >= 11 is 5.92. The number of hydrogen-bond donors (Lipinski definition) is 1. The Bertz CT molecular complexity index is 307. The van der Waals surface area contributed by atoms with Gasteiger partial charge in [0.05, 0.1) is 12.3 Å². The van der Waals surface area contributed by atoms with Crippen molar-refractivity contribution in [1.29, 1.82) is 0 Å². The summed E-state index contributed by atoms with van der Waals surface area (Å²) in [5.74, 6) is 0. The van der Waals surface area contributed by atoms with Crippen LogP contribution < -0.4 is 0 Å². The van der Waals surface area contributed by atoms with Gasteiger partial charge in [-0.2, -0.15) is 0 Å². The van der Waals surface area contributed by atoms with Gasteiger partial charge in [-0.15, -0.1) is 0 Å². The third kappa shape index (κ3) is 1.32. The second-order valence-electron chi connectivity index (χ2n) is 3.49. The molecule has 0 saturated heterocycles. The number of hydrogen-bond acceptors (Lipinski definition) is 3. The van der Waals surface area contributed by atoms with E-state index in [1.807, 2.05) is 0 Å². The van der Waals surface area contributed by atoms with Gasteiger partial charge in [0.1, 0.15) is 0 Å². The van der Waals surface area contributed by atoms with Gasteiger partial charge in [0.25, 0.3) is 0 Å². The van der Waals surface area contributed by atoms with E-state index in [9.17, 15) is 5.11 Å². The average molecular weight is 199 g/mol. The minimum atomic E-state index is -0.203. The fourth-order valence-electron chi connectivity index (χ4n) is 1.75. The van der Waals surface area contributed by atoms with Gasteiger partial charge in [0.15, 0.2) is 5.15 Å². The van der Waals surface area contributed by atoms with E-state index in [1.54, 1.807) is 12.4 Å². The van der Waals surface area contributed by atoms with E-state index in [-0.39, 0.29) is 12.0 Å². The highest BCUT2D eigenvalue weighted by molar-refractivity contribution is 6.30. The minimum Gasteiger partial charge on any atom is -0.395 e. The molecule has 4 heteroatoms. The molecule has 0 amide bonds. The molecular formula is C9H11ClN2O. The van der Waals surface area contributed by atoms with Crippen LogP contribution in [0.2, 0.25) is 5.15 Å². The third-order valence-corrected chi connectivity index (χ3v) is 3.05. The number of halogens is 1. The summed E-state index contributed by atoms with van der Waals surface area (Å²) in [6, 6.07) is 0. The molecule has 0 spiro atoms. The summed E-state index contributed by atoms with van der Waals surface area (Å²) in [5, 5.41) is 9.72. The molecule has 13 heavy (non-hydrogen) atoms. The lowest BCUT2D eigenvalue weighted by Gasteiger charge is -2.39. The average Bonchev–Trinajstić information content (AvgIpc) is 2.07. The van der Waals surface area contributed by atoms with Gasteiger partial charge in [-0.05, 0) is 12.8 Å². The molecule has 0 radical (unpaired) electrons. The molecule has 1 fully saturated rings. The van der Waals surface area contributed by atoms with E-state index < -0.39 is 0 Å². The Morgan fingerprint density at radius 3 is 2.54 bits per heavy atom. The molecule has 1 aliphatic carbocycles. The molecule has 1 saturated carbocycles. The molecule has 3 nitrogen and oxygen atoms in total. The van der Waals surface area contributed by atoms with Crippen molar-refractivity contribution in [2.75, 3.05) is 6.61 Å². The molecule has 0 unspecified atom stereocenters. The van der Waals surface area contributed by atoms with E-state index >= 15 is 0 Å². The Morgan fingerprint density at radius 2 is 2.08 bits per heavy atom. The van der Waals surface area contributed by atoms with Crippen LogP contribution in [-0.4, -0.2) is 21.7 Å². The molecule has 1 heterocycles. The number of nitrogens with zero attached hydrogens (tertiary/aromatic N) is 2. The van der Waals surface area contributed by atoms with Crippen LogP contribution in [0.4, 0.5) is 0 Å². The van der Waals surface area contributed by atoms with Crippen LogP contribution in [0.3, 0.4) is 0 Å². The SMILES string of the molecule is OCC1(c2nccnc2Cl)CCC1. The Kier molecular flexibility index (Phi) is 2.22. The zero-order valence-corrected chi connectivity index (χ0v) is 7.96. The molecule has 0 atom stereocenters. The fraction of sp³-hybridized carbons (Fsp3) is 0.556. The number of aliphatic hydroxyl groups is 1. The minimum absolute atomic E-state index is 0.116. The van der Waals surface area contributed by atoms with E-state index in [4.69, 9.17) is 11.6 Å². The third-order valence-electron chi connectivity index (χ3n) is 2.77. The Labute approximate surface area is 81.8 Å². The summed E-state index contributed by atoms with van der Waals surface area (Å²) in [6.45, 7) is 0.116. The van der Waals surface area contributed by atoms with Crippen LogP contribution in [-0.2, 0) is 5.41 Å². The predicted molar refractivity (Wildman–Crippen MR) is 49.7 cm³/mol. The van der Waals surface area contributed by atoms with Crippen LogP contribution in [0.25, 0.3) is 0 Å². The second-order valence-corrected chi connectivity index (χ2v) is 3.85. The molecule has 0 aliphatic heterocycles. The van der Waals surface area contributed by atoms with Crippen molar-refractivity contribution in [2.45, 2.75) is 24.7 Å². The number of rotatable bonds is 2. The molecule has 1 aliphatic rings. The first-order chi connectivity index (χ1) is 6.28. The van der Waals surface area contributed by atoms with Crippen molar-refractivity contribution in [1.82, 2.24) is 9.97 Å². The van der Waals surface area contributed by atoms with E-state index in [0.29, 0.717) is 5.15 Å². The maximum atomic E-state index is 9.29. The highest BCUT2D eigenvalue weighted by atomic mass is 35.5. The van der Waals surface area contributed by atoms with Crippen molar-refractivity contribution in [2.24, 2.45) is 0 Å².